The van der Waals surface area contributed by atoms with Gasteiger partial charge in [-0.25, -0.2) is 4.79 Å². The van der Waals surface area contributed by atoms with E-state index >= 15 is 0 Å². The molecule has 0 radical (unpaired) electrons. The van der Waals surface area contributed by atoms with Gasteiger partial charge in [-0.15, -0.1) is 0 Å². The minimum atomic E-state index is -0.930. The summed E-state index contributed by atoms with van der Waals surface area (Å²) in [6.07, 6.45) is 16.1. The zero-order valence-electron chi connectivity index (χ0n) is 14.1. The van der Waals surface area contributed by atoms with Gasteiger partial charge in [0.25, 0.3) is 0 Å². The molecular weight excluding hydrogens is 276 g/mol. The van der Waals surface area contributed by atoms with Gasteiger partial charge in [0.2, 0.25) is 0 Å². The number of ether oxygens (including phenoxy) is 1. The van der Waals surface area contributed by atoms with E-state index < -0.39 is 12.1 Å². The molecule has 1 atom stereocenters. The van der Waals surface area contributed by atoms with Crippen LogP contribution in [0.3, 0.4) is 0 Å². The predicted molar refractivity (Wildman–Crippen MR) is 90.4 cm³/mol. The van der Waals surface area contributed by atoms with Crippen LogP contribution in [0, 0.1) is 0 Å². The Morgan fingerprint density at radius 2 is 1.50 bits per heavy atom. The number of hydrogen-bond acceptors (Lipinski definition) is 3. The molecule has 0 saturated carbocycles. The third-order valence-corrected chi connectivity index (χ3v) is 4.23. The van der Waals surface area contributed by atoms with Crippen LogP contribution in [0.5, 0.6) is 0 Å². The molecular formula is C19H32O3. The van der Waals surface area contributed by atoms with Crippen molar-refractivity contribution in [2.24, 2.45) is 0 Å². The lowest BCUT2D eigenvalue weighted by Gasteiger charge is -2.02. The summed E-state index contributed by atoms with van der Waals surface area (Å²) in [5.41, 5.74) is 0.358. The highest BCUT2D eigenvalue weighted by Crippen LogP contribution is 2.23. The summed E-state index contributed by atoms with van der Waals surface area (Å²) in [7, 11) is 0. The van der Waals surface area contributed by atoms with Crippen molar-refractivity contribution in [1.29, 1.82) is 0 Å². The topological polar surface area (TPSA) is 46.5 Å². The lowest BCUT2D eigenvalue weighted by atomic mass is 10.0. The molecule has 0 aromatic carbocycles. The second kappa shape index (κ2) is 11.5. The van der Waals surface area contributed by atoms with Gasteiger partial charge in [-0.3, -0.25) is 0 Å². The number of cyclic esters (lactones) is 1. The molecule has 0 aliphatic carbocycles. The van der Waals surface area contributed by atoms with Gasteiger partial charge in [-0.2, -0.15) is 0 Å². The first-order valence-corrected chi connectivity index (χ1v) is 8.96. The number of esters is 1. The largest absolute Gasteiger partial charge is 0.425 e. The first-order chi connectivity index (χ1) is 10.7. The molecule has 126 valence electrons. The fraction of sp³-hybridized carbons (Fsp3) is 0.737. The second-order valence-corrected chi connectivity index (χ2v) is 6.24. The van der Waals surface area contributed by atoms with Gasteiger partial charge in [0.15, 0.2) is 0 Å². The van der Waals surface area contributed by atoms with Crippen LogP contribution in [0.15, 0.2) is 24.0 Å². The van der Waals surface area contributed by atoms with Gasteiger partial charge in [0, 0.05) is 0 Å². The van der Waals surface area contributed by atoms with E-state index in [1.165, 1.54) is 64.2 Å². The number of carbonyl (C=O) groups excluding carboxylic acids is 1. The van der Waals surface area contributed by atoms with Crippen LogP contribution < -0.4 is 0 Å². The Kier molecular flexibility index (Phi) is 9.89. The van der Waals surface area contributed by atoms with Gasteiger partial charge < -0.3 is 9.84 Å². The third kappa shape index (κ3) is 7.26. The smallest absolute Gasteiger partial charge is 0.341 e. The molecule has 3 heteroatoms. The molecule has 1 aliphatic rings. The minimum Gasteiger partial charge on any atom is -0.425 e. The van der Waals surface area contributed by atoms with Crippen LogP contribution >= 0.6 is 0 Å². The van der Waals surface area contributed by atoms with Crippen molar-refractivity contribution in [1.82, 2.24) is 0 Å². The average Bonchev–Trinajstić information content (AvgIpc) is 2.74. The summed E-state index contributed by atoms with van der Waals surface area (Å²) in [5, 5.41) is 9.69. The summed E-state index contributed by atoms with van der Waals surface area (Å²) in [5.74, 6) is -0.296. The fourth-order valence-corrected chi connectivity index (χ4v) is 2.78. The maximum atomic E-state index is 11.4. The quantitative estimate of drug-likeness (QED) is 0.312. The Bertz CT molecular complexity index is 371. The van der Waals surface area contributed by atoms with E-state index in [4.69, 9.17) is 4.74 Å². The van der Waals surface area contributed by atoms with Crippen molar-refractivity contribution in [3.8, 4) is 0 Å². The molecule has 1 N–H and O–H groups in total. The van der Waals surface area contributed by atoms with Gasteiger partial charge >= 0.3 is 5.97 Å². The fourth-order valence-electron chi connectivity index (χ4n) is 2.78. The molecule has 1 saturated heterocycles. The molecule has 1 heterocycles. The van der Waals surface area contributed by atoms with Crippen LogP contribution in [0.25, 0.3) is 0 Å². The van der Waals surface area contributed by atoms with Gasteiger partial charge in [-0.05, 0) is 12.8 Å². The predicted octanol–water partition coefficient (Wildman–Crippen LogP) is 5.05. The molecule has 1 aliphatic heterocycles. The Morgan fingerprint density at radius 1 is 1.00 bits per heavy atom. The number of aliphatic hydroxyl groups excluding tert-OH is 1. The van der Waals surface area contributed by atoms with E-state index in [1.807, 2.05) is 0 Å². The normalized spacial score (nSPS) is 19.9. The highest BCUT2D eigenvalue weighted by molar-refractivity contribution is 5.93. The zero-order valence-corrected chi connectivity index (χ0v) is 14.1. The lowest BCUT2D eigenvalue weighted by molar-refractivity contribution is -0.132. The van der Waals surface area contributed by atoms with Crippen molar-refractivity contribution in [2.75, 3.05) is 0 Å². The molecule has 1 fully saturated rings. The molecule has 0 aromatic rings. The molecule has 0 bridgehead atoms. The molecule has 3 nitrogen and oxygen atoms in total. The van der Waals surface area contributed by atoms with E-state index in [-0.39, 0.29) is 5.76 Å². The average molecular weight is 308 g/mol. The van der Waals surface area contributed by atoms with Crippen molar-refractivity contribution in [2.45, 2.75) is 90.1 Å². The number of unbranched alkanes of at least 4 members (excludes halogenated alkanes) is 11. The molecule has 0 unspecified atom stereocenters. The van der Waals surface area contributed by atoms with Crippen LogP contribution in [0.1, 0.15) is 84.0 Å². The Balaban J connectivity index is 1.94. The van der Waals surface area contributed by atoms with Crippen LogP contribution in [0.2, 0.25) is 0 Å². The maximum absolute atomic E-state index is 11.4. The number of rotatable bonds is 12. The molecule has 22 heavy (non-hydrogen) atoms. The zero-order chi connectivity index (χ0) is 16.2. The van der Waals surface area contributed by atoms with Gasteiger partial charge in [0.1, 0.15) is 11.9 Å². The highest BCUT2D eigenvalue weighted by Gasteiger charge is 2.32. The Labute approximate surface area is 135 Å². The van der Waals surface area contributed by atoms with E-state index in [0.29, 0.717) is 5.57 Å². The van der Waals surface area contributed by atoms with E-state index in [1.54, 1.807) is 6.08 Å². The summed E-state index contributed by atoms with van der Waals surface area (Å²) in [6, 6.07) is 0. The lowest BCUT2D eigenvalue weighted by Crippen LogP contribution is -2.07. The standard InChI is InChI=1S/C19H32O3/c1-3-4-5-6-7-8-9-10-11-12-13-14-15-17-18(20)16(2)22-19(17)21/h15,18,20H,2-14H2,1H3/b17-15-/t18-/m1/s1. The monoisotopic (exact) mass is 308 g/mol. The SMILES string of the molecule is C=C1OC(=O)/C(=C\CCCCCCCCCCCCC)[C@@H]1O. The number of aliphatic hydroxyl groups is 1. The number of allylic oxidation sites excluding steroid dienone is 1. The summed E-state index contributed by atoms with van der Waals surface area (Å²) < 4.78 is 4.79. The van der Waals surface area contributed by atoms with Crippen molar-refractivity contribution >= 4 is 5.97 Å². The van der Waals surface area contributed by atoms with E-state index in [9.17, 15) is 9.90 Å². The molecule has 0 spiro atoms. The molecule has 0 aromatic heterocycles. The van der Waals surface area contributed by atoms with Crippen molar-refractivity contribution < 1.29 is 14.6 Å². The van der Waals surface area contributed by atoms with Crippen LogP contribution in [-0.2, 0) is 9.53 Å². The number of carbonyl (C=O) groups is 1. The maximum Gasteiger partial charge on any atom is 0.341 e. The summed E-state index contributed by atoms with van der Waals surface area (Å²) in [4.78, 5) is 11.4. The molecule has 0 amide bonds. The summed E-state index contributed by atoms with van der Waals surface area (Å²) in [6.45, 7) is 5.76. The number of hydrogen-bond donors (Lipinski definition) is 1. The molecule has 1 rings (SSSR count). The van der Waals surface area contributed by atoms with Crippen molar-refractivity contribution in [3.05, 3.63) is 24.0 Å². The Hall–Kier alpha value is -1.09. The first-order valence-electron chi connectivity index (χ1n) is 8.96. The first kappa shape index (κ1) is 19.0. The van der Waals surface area contributed by atoms with Gasteiger partial charge in [0.05, 0.1) is 5.57 Å². The van der Waals surface area contributed by atoms with E-state index in [0.717, 1.165) is 12.8 Å². The Morgan fingerprint density at radius 3 is 1.95 bits per heavy atom. The van der Waals surface area contributed by atoms with Crippen LogP contribution in [-0.4, -0.2) is 17.2 Å². The van der Waals surface area contributed by atoms with Gasteiger partial charge in [-0.1, -0.05) is 83.8 Å². The van der Waals surface area contributed by atoms with Crippen LogP contribution in [0.4, 0.5) is 0 Å². The van der Waals surface area contributed by atoms with E-state index in [2.05, 4.69) is 13.5 Å². The second-order valence-electron chi connectivity index (χ2n) is 6.24. The van der Waals surface area contributed by atoms with Crippen molar-refractivity contribution in [3.63, 3.8) is 0 Å². The highest BCUT2D eigenvalue weighted by atomic mass is 16.6. The minimum absolute atomic E-state index is 0.148. The summed E-state index contributed by atoms with van der Waals surface area (Å²) >= 11 is 0. The third-order valence-electron chi connectivity index (χ3n) is 4.23.